The van der Waals surface area contributed by atoms with Crippen molar-refractivity contribution in [2.45, 2.75) is 32.2 Å². The fourth-order valence-corrected chi connectivity index (χ4v) is 2.78. The van der Waals surface area contributed by atoms with Crippen LogP contribution in [0.15, 0.2) is 33.3 Å². The van der Waals surface area contributed by atoms with E-state index in [0.717, 1.165) is 48.1 Å². The highest BCUT2D eigenvalue weighted by molar-refractivity contribution is 5.60. The first kappa shape index (κ1) is 13.2. The number of hydrogen-bond donors (Lipinski definition) is 1. The summed E-state index contributed by atoms with van der Waals surface area (Å²) in [5, 5.41) is 8.16. The Balaban J connectivity index is 1.67. The molecule has 1 aromatic carbocycles. The Kier molecular flexibility index (Phi) is 3.23. The minimum atomic E-state index is 0.421. The number of fused-ring (bicyclic) bond motifs is 1. The van der Waals surface area contributed by atoms with Crippen LogP contribution in [0, 0.1) is 0 Å². The minimum Gasteiger partial charge on any atom is -0.360 e. The molecule has 0 aliphatic heterocycles. The smallest absolute Gasteiger partial charge is 0.280 e. The minimum absolute atomic E-state index is 0.421. The maximum absolute atomic E-state index is 5.60. The van der Waals surface area contributed by atoms with Gasteiger partial charge < -0.3 is 14.8 Å². The highest BCUT2D eigenvalue weighted by Gasteiger charge is 2.24. The molecular weight excluding hydrogens is 280 g/mol. The lowest BCUT2D eigenvalue weighted by atomic mass is 9.96. The average molecular weight is 296 g/mol. The molecule has 3 aromatic rings. The molecule has 0 amide bonds. The molecule has 0 saturated heterocycles. The summed E-state index contributed by atoms with van der Waals surface area (Å²) in [5.41, 5.74) is 9.36. The number of nitrogens with two attached hydrogens (primary N) is 1. The molecule has 2 aromatic heterocycles. The second-order valence-electron chi connectivity index (χ2n) is 5.46. The van der Waals surface area contributed by atoms with E-state index < -0.39 is 0 Å². The molecule has 6 heteroatoms. The van der Waals surface area contributed by atoms with Crippen molar-refractivity contribution in [3.8, 4) is 23.0 Å². The Morgan fingerprint density at radius 3 is 2.64 bits per heavy atom. The van der Waals surface area contributed by atoms with Gasteiger partial charge >= 0.3 is 0 Å². The van der Waals surface area contributed by atoms with Crippen molar-refractivity contribution in [2.75, 3.05) is 0 Å². The van der Waals surface area contributed by atoms with Crippen LogP contribution >= 0.6 is 0 Å². The summed E-state index contributed by atoms with van der Waals surface area (Å²) in [6.45, 7) is 0.517. The molecule has 0 unspecified atom stereocenters. The van der Waals surface area contributed by atoms with Crippen LogP contribution in [0.25, 0.3) is 23.0 Å². The van der Waals surface area contributed by atoms with Gasteiger partial charge in [-0.2, -0.15) is 4.98 Å². The Labute approximate surface area is 127 Å². The summed E-state index contributed by atoms with van der Waals surface area (Å²) in [6, 6.07) is 7.80. The number of aryl methyl sites for hydroxylation is 1. The molecular formula is C16H16N4O2. The highest BCUT2D eigenvalue weighted by atomic mass is 16.5. The van der Waals surface area contributed by atoms with Crippen LogP contribution < -0.4 is 5.73 Å². The first-order valence-corrected chi connectivity index (χ1v) is 7.46. The summed E-state index contributed by atoms with van der Waals surface area (Å²) in [5.74, 6) is 1.92. The van der Waals surface area contributed by atoms with Crippen molar-refractivity contribution in [2.24, 2.45) is 5.73 Å². The average Bonchev–Trinajstić information content (AvgIpc) is 3.21. The van der Waals surface area contributed by atoms with Gasteiger partial charge in [-0.3, -0.25) is 0 Å². The second kappa shape index (κ2) is 5.38. The van der Waals surface area contributed by atoms with E-state index in [1.807, 2.05) is 24.3 Å². The quantitative estimate of drug-likeness (QED) is 0.799. The molecule has 0 fully saturated rings. The van der Waals surface area contributed by atoms with Crippen molar-refractivity contribution in [3.05, 3.63) is 41.2 Å². The molecule has 0 saturated carbocycles. The van der Waals surface area contributed by atoms with E-state index in [0.29, 0.717) is 24.0 Å². The zero-order chi connectivity index (χ0) is 14.9. The van der Waals surface area contributed by atoms with Gasteiger partial charge in [0.25, 0.3) is 5.89 Å². The van der Waals surface area contributed by atoms with E-state index in [1.165, 1.54) is 0 Å². The first-order valence-electron chi connectivity index (χ1n) is 7.46. The number of benzene rings is 1. The van der Waals surface area contributed by atoms with Crippen LogP contribution in [0.3, 0.4) is 0 Å². The normalized spacial score (nSPS) is 14.0. The Bertz CT molecular complexity index is 789. The van der Waals surface area contributed by atoms with Gasteiger partial charge in [-0.05, 0) is 24.8 Å². The lowest BCUT2D eigenvalue weighted by Gasteiger charge is -2.07. The third kappa shape index (κ3) is 2.21. The van der Waals surface area contributed by atoms with Gasteiger partial charge in [0, 0.05) is 24.1 Å². The SMILES string of the molecule is NCc1ccc(-c2noc(-c3noc4c3CCCC4)n2)cc1. The largest absolute Gasteiger partial charge is 0.360 e. The lowest BCUT2D eigenvalue weighted by molar-refractivity contribution is 0.369. The molecule has 22 heavy (non-hydrogen) atoms. The van der Waals surface area contributed by atoms with Crippen molar-refractivity contribution >= 4 is 0 Å². The third-order valence-corrected chi connectivity index (χ3v) is 4.03. The summed E-state index contributed by atoms with van der Waals surface area (Å²) in [6.07, 6.45) is 4.17. The van der Waals surface area contributed by atoms with Crippen LogP contribution in [-0.4, -0.2) is 15.3 Å². The van der Waals surface area contributed by atoms with Crippen LogP contribution in [0.1, 0.15) is 29.7 Å². The van der Waals surface area contributed by atoms with Crippen LogP contribution in [-0.2, 0) is 19.4 Å². The molecule has 0 atom stereocenters. The molecule has 112 valence electrons. The van der Waals surface area contributed by atoms with E-state index in [4.69, 9.17) is 14.8 Å². The van der Waals surface area contributed by atoms with Crippen molar-refractivity contribution in [1.82, 2.24) is 15.3 Å². The molecule has 1 aliphatic rings. The van der Waals surface area contributed by atoms with Crippen molar-refractivity contribution in [3.63, 3.8) is 0 Å². The van der Waals surface area contributed by atoms with Gasteiger partial charge in [-0.25, -0.2) is 0 Å². The van der Waals surface area contributed by atoms with Gasteiger partial charge in [0.2, 0.25) is 5.82 Å². The number of hydrogen-bond acceptors (Lipinski definition) is 6. The van der Waals surface area contributed by atoms with Crippen molar-refractivity contribution < 1.29 is 9.05 Å². The first-order chi connectivity index (χ1) is 10.8. The topological polar surface area (TPSA) is 91.0 Å². The Morgan fingerprint density at radius 1 is 1.00 bits per heavy atom. The fourth-order valence-electron chi connectivity index (χ4n) is 2.78. The summed E-state index contributed by atoms with van der Waals surface area (Å²) >= 11 is 0. The van der Waals surface area contributed by atoms with Gasteiger partial charge in [-0.15, -0.1) is 0 Å². The lowest BCUT2D eigenvalue weighted by Crippen LogP contribution is -2.00. The molecule has 2 heterocycles. The summed E-state index contributed by atoms with van der Waals surface area (Å²) in [7, 11) is 0. The van der Waals surface area contributed by atoms with Crippen LogP contribution in [0.2, 0.25) is 0 Å². The van der Waals surface area contributed by atoms with Crippen LogP contribution in [0.4, 0.5) is 0 Å². The zero-order valence-corrected chi connectivity index (χ0v) is 12.1. The zero-order valence-electron chi connectivity index (χ0n) is 12.1. The van der Waals surface area contributed by atoms with E-state index >= 15 is 0 Å². The van der Waals surface area contributed by atoms with E-state index in [2.05, 4.69) is 15.3 Å². The molecule has 6 nitrogen and oxygen atoms in total. The maximum atomic E-state index is 5.60. The van der Waals surface area contributed by atoms with Gasteiger partial charge in [0.05, 0.1) is 0 Å². The van der Waals surface area contributed by atoms with Gasteiger partial charge in [-0.1, -0.05) is 34.6 Å². The second-order valence-corrected chi connectivity index (χ2v) is 5.46. The summed E-state index contributed by atoms with van der Waals surface area (Å²) in [4.78, 5) is 4.46. The Morgan fingerprint density at radius 2 is 1.82 bits per heavy atom. The Hall–Kier alpha value is -2.47. The van der Waals surface area contributed by atoms with E-state index in [9.17, 15) is 0 Å². The maximum Gasteiger partial charge on any atom is 0.280 e. The van der Waals surface area contributed by atoms with E-state index in [1.54, 1.807) is 0 Å². The molecule has 4 rings (SSSR count). The van der Waals surface area contributed by atoms with Crippen molar-refractivity contribution in [1.29, 1.82) is 0 Å². The number of rotatable bonds is 3. The van der Waals surface area contributed by atoms with E-state index in [-0.39, 0.29) is 0 Å². The summed E-state index contributed by atoms with van der Waals surface area (Å²) < 4.78 is 10.8. The molecule has 0 spiro atoms. The van der Waals surface area contributed by atoms with Gasteiger partial charge in [0.1, 0.15) is 5.76 Å². The molecule has 0 bridgehead atoms. The molecule has 0 radical (unpaired) electrons. The third-order valence-electron chi connectivity index (χ3n) is 4.03. The number of nitrogens with zero attached hydrogens (tertiary/aromatic N) is 3. The standard InChI is InChI=1S/C16H16N4O2/c17-9-10-5-7-11(8-6-10)15-18-16(22-20-15)14-12-3-1-2-4-13(12)21-19-14/h5-8H,1-4,9,17H2. The van der Waals surface area contributed by atoms with Crippen LogP contribution in [0.5, 0.6) is 0 Å². The number of aromatic nitrogens is 3. The molecule has 2 N–H and O–H groups in total. The predicted octanol–water partition coefficient (Wildman–Crippen LogP) is 2.73. The van der Waals surface area contributed by atoms with Gasteiger partial charge in [0.15, 0.2) is 5.69 Å². The predicted molar refractivity (Wildman–Crippen MR) is 79.8 cm³/mol. The molecule has 1 aliphatic carbocycles. The monoisotopic (exact) mass is 296 g/mol. The fraction of sp³-hybridized carbons (Fsp3) is 0.312. The highest BCUT2D eigenvalue weighted by Crippen LogP contribution is 2.31.